The van der Waals surface area contributed by atoms with Gasteiger partial charge in [0, 0.05) is 11.4 Å². The molecule has 1 heterocycles. The van der Waals surface area contributed by atoms with Crippen molar-refractivity contribution in [3.05, 3.63) is 45.1 Å². The van der Waals surface area contributed by atoms with E-state index in [1.54, 1.807) is 18.4 Å². The first-order chi connectivity index (χ1) is 11.6. The highest BCUT2D eigenvalue weighted by atomic mass is 35.5. The van der Waals surface area contributed by atoms with Gasteiger partial charge in [0.15, 0.2) is 17.5 Å². The lowest BCUT2D eigenvalue weighted by Crippen LogP contribution is -2.33. The van der Waals surface area contributed by atoms with Crippen LogP contribution in [0.15, 0.2) is 34.6 Å². The van der Waals surface area contributed by atoms with E-state index in [-0.39, 0.29) is 0 Å². The minimum atomic E-state index is 0.413. The minimum Gasteiger partial charge on any atom is -0.493 e. The summed E-state index contributed by atoms with van der Waals surface area (Å²) in [6.07, 6.45) is 0.927. The monoisotopic (exact) mass is 367 g/mol. The molecule has 0 fully saturated rings. The number of hydrogen-bond acceptors (Lipinski definition) is 4. The van der Waals surface area contributed by atoms with Gasteiger partial charge in [-0.1, -0.05) is 17.7 Å². The van der Waals surface area contributed by atoms with Gasteiger partial charge in [-0.3, -0.25) is 0 Å². The topological polar surface area (TPSA) is 68.9 Å². The highest BCUT2D eigenvalue weighted by Crippen LogP contribution is 2.36. The lowest BCUT2D eigenvalue weighted by Gasteiger charge is -2.12. The maximum absolute atomic E-state index is 6.25. The van der Waals surface area contributed by atoms with Gasteiger partial charge in [-0.2, -0.15) is 0 Å². The van der Waals surface area contributed by atoms with Crippen molar-refractivity contribution in [3.63, 3.8) is 0 Å². The molecule has 2 aromatic rings. The highest BCUT2D eigenvalue weighted by molar-refractivity contribution is 7.09. The van der Waals surface area contributed by atoms with E-state index in [0.717, 1.165) is 18.5 Å². The number of nitrogens with two attached hydrogens (primary N) is 1. The number of nitrogens with zero attached hydrogens (tertiary/aromatic N) is 1. The number of aliphatic imine (C=N–C) groups is 1. The average molecular weight is 368 g/mol. The molecule has 1 aromatic heterocycles. The summed E-state index contributed by atoms with van der Waals surface area (Å²) in [5, 5.41) is 5.68. The summed E-state index contributed by atoms with van der Waals surface area (Å²) < 4.78 is 10.8. The number of halogens is 1. The number of hydrogen-bond donors (Lipinski definition) is 2. The quantitative estimate of drug-likeness (QED) is 0.553. The van der Waals surface area contributed by atoms with E-state index in [0.29, 0.717) is 35.6 Å². The SMILES string of the molecule is CCOc1c(Cl)cc(CN=C(N)NCCc2cccs2)cc1OC. The van der Waals surface area contributed by atoms with Crippen LogP contribution in [0.25, 0.3) is 0 Å². The Kier molecular flexibility index (Phi) is 7.21. The predicted octanol–water partition coefficient (Wildman–Crippen LogP) is 3.46. The Labute approximate surface area is 151 Å². The van der Waals surface area contributed by atoms with Crippen molar-refractivity contribution in [2.45, 2.75) is 19.9 Å². The maximum Gasteiger partial charge on any atom is 0.188 e. The molecule has 0 spiro atoms. The van der Waals surface area contributed by atoms with E-state index in [4.69, 9.17) is 26.8 Å². The van der Waals surface area contributed by atoms with Crippen molar-refractivity contribution in [1.82, 2.24) is 5.32 Å². The lowest BCUT2D eigenvalue weighted by molar-refractivity contribution is 0.311. The lowest BCUT2D eigenvalue weighted by atomic mass is 10.2. The highest BCUT2D eigenvalue weighted by Gasteiger charge is 2.11. The molecule has 24 heavy (non-hydrogen) atoms. The molecule has 0 saturated carbocycles. The number of thiophene rings is 1. The average Bonchev–Trinajstić information content (AvgIpc) is 3.08. The normalized spacial score (nSPS) is 11.4. The van der Waals surface area contributed by atoms with Crippen LogP contribution in [0.5, 0.6) is 11.5 Å². The van der Waals surface area contributed by atoms with Gasteiger partial charge in [-0.05, 0) is 42.5 Å². The van der Waals surface area contributed by atoms with Gasteiger partial charge in [0.05, 0.1) is 25.3 Å². The van der Waals surface area contributed by atoms with Crippen molar-refractivity contribution in [2.75, 3.05) is 20.3 Å². The van der Waals surface area contributed by atoms with Crippen molar-refractivity contribution in [1.29, 1.82) is 0 Å². The third-order valence-corrected chi connectivity index (χ3v) is 4.48. The molecule has 0 aliphatic rings. The van der Waals surface area contributed by atoms with Crippen LogP contribution in [0.1, 0.15) is 17.4 Å². The summed E-state index contributed by atoms with van der Waals surface area (Å²) in [5.74, 6) is 1.56. The molecule has 0 amide bonds. The molecule has 0 bridgehead atoms. The number of ether oxygens (including phenoxy) is 2. The Morgan fingerprint density at radius 3 is 2.92 bits per heavy atom. The first-order valence-corrected chi connectivity index (χ1v) is 8.95. The second-order valence-corrected chi connectivity index (χ2v) is 6.44. The van der Waals surface area contributed by atoms with Crippen LogP contribution in [-0.4, -0.2) is 26.2 Å². The third-order valence-electron chi connectivity index (χ3n) is 3.27. The number of rotatable bonds is 8. The first kappa shape index (κ1) is 18.4. The van der Waals surface area contributed by atoms with Crippen molar-refractivity contribution in [3.8, 4) is 11.5 Å². The summed E-state index contributed by atoms with van der Waals surface area (Å²) in [6.45, 7) is 3.59. The van der Waals surface area contributed by atoms with Gasteiger partial charge in [-0.15, -0.1) is 11.3 Å². The number of nitrogens with one attached hydrogen (secondary N) is 1. The number of guanidine groups is 1. The van der Waals surface area contributed by atoms with Gasteiger partial charge in [-0.25, -0.2) is 4.99 Å². The van der Waals surface area contributed by atoms with Gasteiger partial charge in [0.1, 0.15) is 0 Å². The van der Waals surface area contributed by atoms with E-state index in [2.05, 4.69) is 21.8 Å². The number of methoxy groups -OCH3 is 1. The van der Waals surface area contributed by atoms with E-state index < -0.39 is 0 Å². The largest absolute Gasteiger partial charge is 0.493 e. The molecule has 0 atom stereocenters. The van der Waals surface area contributed by atoms with Gasteiger partial charge >= 0.3 is 0 Å². The molecule has 1 aromatic carbocycles. The van der Waals surface area contributed by atoms with Crippen molar-refractivity contribution < 1.29 is 9.47 Å². The zero-order chi connectivity index (χ0) is 17.4. The van der Waals surface area contributed by atoms with Crippen LogP contribution in [0.4, 0.5) is 0 Å². The fraction of sp³-hybridized carbons (Fsp3) is 0.353. The van der Waals surface area contributed by atoms with E-state index >= 15 is 0 Å². The van der Waals surface area contributed by atoms with Gasteiger partial charge in [0.25, 0.3) is 0 Å². The molecular weight excluding hydrogens is 346 g/mol. The summed E-state index contributed by atoms with van der Waals surface area (Å²) in [6, 6.07) is 7.82. The summed E-state index contributed by atoms with van der Waals surface area (Å²) in [7, 11) is 1.59. The molecule has 3 N–H and O–H groups in total. The summed E-state index contributed by atoms with van der Waals surface area (Å²) in [4.78, 5) is 5.66. The van der Waals surface area contributed by atoms with E-state index in [1.807, 2.05) is 25.1 Å². The fourth-order valence-corrected chi connectivity index (χ4v) is 3.15. The smallest absolute Gasteiger partial charge is 0.188 e. The van der Waals surface area contributed by atoms with Crippen molar-refractivity contribution >= 4 is 28.9 Å². The Balaban J connectivity index is 1.93. The Morgan fingerprint density at radius 1 is 1.42 bits per heavy atom. The molecular formula is C17H22ClN3O2S. The molecule has 0 aliphatic carbocycles. The molecule has 0 saturated heterocycles. The standard InChI is InChI=1S/C17H22ClN3O2S/c1-3-23-16-14(18)9-12(10-15(16)22-2)11-21-17(19)20-7-6-13-5-4-8-24-13/h4-5,8-10H,3,6-7,11H2,1-2H3,(H3,19,20,21). The van der Waals surface area contributed by atoms with Crippen LogP contribution in [-0.2, 0) is 13.0 Å². The van der Waals surface area contributed by atoms with Crippen LogP contribution < -0.4 is 20.5 Å². The molecule has 7 heteroatoms. The summed E-state index contributed by atoms with van der Waals surface area (Å²) >= 11 is 7.98. The zero-order valence-electron chi connectivity index (χ0n) is 13.8. The Hall–Kier alpha value is -1.92. The molecule has 0 unspecified atom stereocenters. The van der Waals surface area contributed by atoms with Gasteiger partial charge < -0.3 is 20.5 Å². The van der Waals surface area contributed by atoms with Crippen molar-refractivity contribution in [2.24, 2.45) is 10.7 Å². The maximum atomic E-state index is 6.25. The van der Waals surface area contributed by atoms with Crippen LogP contribution >= 0.6 is 22.9 Å². The van der Waals surface area contributed by atoms with Crippen LogP contribution in [0, 0.1) is 0 Å². The van der Waals surface area contributed by atoms with E-state index in [9.17, 15) is 0 Å². The molecule has 0 radical (unpaired) electrons. The predicted molar refractivity (Wildman–Crippen MR) is 101 cm³/mol. The molecule has 0 aliphatic heterocycles. The summed E-state index contributed by atoms with van der Waals surface area (Å²) in [5.41, 5.74) is 6.81. The van der Waals surface area contributed by atoms with E-state index in [1.165, 1.54) is 4.88 Å². The molecule has 2 rings (SSSR count). The van der Waals surface area contributed by atoms with Crippen LogP contribution in [0.2, 0.25) is 5.02 Å². The fourth-order valence-electron chi connectivity index (χ4n) is 2.15. The molecule has 5 nitrogen and oxygen atoms in total. The van der Waals surface area contributed by atoms with Crippen LogP contribution in [0.3, 0.4) is 0 Å². The Bertz CT molecular complexity index is 675. The first-order valence-electron chi connectivity index (χ1n) is 7.69. The zero-order valence-corrected chi connectivity index (χ0v) is 15.4. The second-order valence-electron chi connectivity index (χ2n) is 5.00. The Morgan fingerprint density at radius 2 is 2.25 bits per heavy atom. The van der Waals surface area contributed by atoms with Gasteiger partial charge in [0.2, 0.25) is 0 Å². The second kappa shape index (κ2) is 9.39. The molecule has 130 valence electrons. The minimum absolute atomic E-state index is 0.413. The third kappa shape index (κ3) is 5.32. The number of benzene rings is 1.